The number of fused-ring (bicyclic) bond motifs is 1. The lowest BCUT2D eigenvalue weighted by atomic mass is 9.82. The number of alkyl halides is 3. The Hall–Kier alpha value is -1.66. The molecule has 4 rings (SSSR count). The molecule has 2 aliphatic heterocycles. The molecule has 0 aliphatic carbocycles. The predicted molar refractivity (Wildman–Crippen MR) is 127 cm³/mol. The number of aryl methyl sites for hydroxylation is 1. The lowest BCUT2D eigenvalue weighted by Gasteiger charge is -2.44. The summed E-state index contributed by atoms with van der Waals surface area (Å²) in [7, 11) is 1.70. The Bertz CT molecular complexity index is 951. The van der Waals surface area contributed by atoms with E-state index in [0.29, 0.717) is 19.7 Å². The summed E-state index contributed by atoms with van der Waals surface area (Å²) in [5.74, 6) is 0.934. The van der Waals surface area contributed by atoms with Crippen molar-refractivity contribution in [1.29, 1.82) is 0 Å². The van der Waals surface area contributed by atoms with Crippen molar-refractivity contribution >= 4 is 40.9 Å². The highest BCUT2D eigenvalue weighted by Crippen LogP contribution is 2.41. The van der Waals surface area contributed by atoms with Gasteiger partial charge in [0.25, 0.3) is 0 Å². The van der Waals surface area contributed by atoms with Crippen LogP contribution in [0.4, 0.5) is 4.79 Å². The summed E-state index contributed by atoms with van der Waals surface area (Å²) in [5.41, 5.74) is 4.48. The largest absolute Gasteiger partial charge is 0.487 e. The third-order valence-electron chi connectivity index (χ3n) is 6.13. The lowest BCUT2D eigenvalue weighted by molar-refractivity contribution is -0.0141. The molecule has 2 aromatic rings. The third kappa shape index (κ3) is 5.63. The monoisotopic (exact) mass is 497 g/mol. The van der Waals surface area contributed by atoms with Crippen LogP contribution in [0, 0.1) is 0 Å². The molecule has 1 amide bonds. The maximum atomic E-state index is 12.2. The van der Waals surface area contributed by atoms with Crippen molar-refractivity contribution in [1.82, 2.24) is 4.90 Å². The zero-order valence-electron chi connectivity index (χ0n) is 17.9. The number of methoxy groups -OCH3 is 1. The van der Waals surface area contributed by atoms with Crippen molar-refractivity contribution in [3.63, 3.8) is 0 Å². The van der Waals surface area contributed by atoms with Crippen molar-refractivity contribution in [3.8, 4) is 16.9 Å². The van der Waals surface area contributed by atoms with Gasteiger partial charge in [-0.1, -0.05) is 65.1 Å². The number of carbonyl (C=O) groups is 1. The van der Waals surface area contributed by atoms with E-state index in [4.69, 9.17) is 49.0 Å². The van der Waals surface area contributed by atoms with Crippen molar-refractivity contribution in [2.45, 2.75) is 41.7 Å². The number of piperidine rings is 1. The zero-order chi connectivity index (χ0) is 22.8. The van der Waals surface area contributed by atoms with Crippen LogP contribution in [0.25, 0.3) is 11.1 Å². The van der Waals surface area contributed by atoms with Crippen molar-refractivity contribution in [2.24, 2.45) is 0 Å². The van der Waals surface area contributed by atoms with Crippen LogP contribution in [-0.2, 0) is 22.5 Å². The van der Waals surface area contributed by atoms with Gasteiger partial charge < -0.3 is 19.1 Å². The van der Waals surface area contributed by atoms with Gasteiger partial charge in [-0.3, -0.25) is 0 Å². The molecular weight excluding hydrogens is 473 g/mol. The number of benzene rings is 2. The Balaban J connectivity index is 1.38. The van der Waals surface area contributed by atoms with Crippen molar-refractivity contribution in [3.05, 3.63) is 53.6 Å². The van der Waals surface area contributed by atoms with E-state index < -0.39 is 9.89 Å². The fraction of sp³-hybridized carbons (Fsp3) is 0.458. The first-order valence-electron chi connectivity index (χ1n) is 10.7. The number of likely N-dealkylation sites (tertiary alicyclic amines) is 1. The molecule has 32 heavy (non-hydrogen) atoms. The number of carbonyl (C=O) groups excluding carboxylic acids is 1. The molecule has 0 unspecified atom stereocenters. The first-order valence-corrected chi connectivity index (χ1v) is 11.8. The minimum atomic E-state index is -1.60. The minimum Gasteiger partial charge on any atom is -0.487 e. The van der Waals surface area contributed by atoms with Crippen LogP contribution in [0.5, 0.6) is 5.75 Å². The highest BCUT2D eigenvalue weighted by Gasteiger charge is 2.41. The molecule has 1 fully saturated rings. The van der Waals surface area contributed by atoms with Gasteiger partial charge in [-0.15, -0.1) is 0 Å². The molecule has 0 N–H and O–H groups in total. The Morgan fingerprint density at radius 2 is 1.75 bits per heavy atom. The van der Waals surface area contributed by atoms with E-state index in [9.17, 15) is 4.79 Å². The molecule has 0 radical (unpaired) electrons. The average molecular weight is 499 g/mol. The summed E-state index contributed by atoms with van der Waals surface area (Å²) < 4.78 is 15.2. The minimum absolute atomic E-state index is 0.248. The van der Waals surface area contributed by atoms with Gasteiger partial charge in [0, 0.05) is 33.0 Å². The molecule has 0 bridgehead atoms. The highest BCUT2D eigenvalue weighted by atomic mass is 35.6. The van der Waals surface area contributed by atoms with Crippen LogP contribution in [0.3, 0.4) is 0 Å². The van der Waals surface area contributed by atoms with E-state index in [1.807, 2.05) is 0 Å². The van der Waals surface area contributed by atoms with Gasteiger partial charge in [0.2, 0.25) is 3.79 Å². The smallest absolute Gasteiger partial charge is 0.409 e. The van der Waals surface area contributed by atoms with Crippen molar-refractivity contribution in [2.75, 3.05) is 26.8 Å². The summed E-state index contributed by atoms with van der Waals surface area (Å²) in [6.07, 6.45) is 2.91. The molecule has 1 saturated heterocycles. The normalized spacial score (nSPS) is 17.6. The molecule has 2 aromatic carbocycles. The van der Waals surface area contributed by atoms with Crippen LogP contribution < -0.4 is 4.74 Å². The van der Waals surface area contributed by atoms with Crippen molar-refractivity contribution < 1.29 is 19.0 Å². The molecule has 0 saturated carbocycles. The SMILES string of the molecule is COCc1ccc(-c2ccc3c(c2)CCC2(CCN(C(=O)OCC(Cl)(Cl)Cl)CC2)O3)cc1. The van der Waals surface area contributed by atoms with Crippen LogP contribution in [-0.4, -0.2) is 47.2 Å². The van der Waals surface area contributed by atoms with E-state index in [1.54, 1.807) is 12.0 Å². The number of hydrogen-bond acceptors (Lipinski definition) is 4. The van der Waals surface area contributed by atoms with Gasteiger partial charge in [-0.25, -0.2) is 4.79 Å². The third-order valence-corrected chi connectivity index (χ3v) is 6.45. The molecule has 0 aromatic heterocycles. The van der Waals surface area contributed by atoms with Gasteiger partial charge in [0.05, 0.1) is 6.61 Å². The predicted octanol–water partition coefficient (Wildman–Crippen LogP) is 6.17. The van der Waals surface area contributed by atoms with Gasteiger partial charge in [0.15, 0.2) is 0 Å². The molecule has 1 spiro atoms. The number of ether oxygens (including phenoxy) is 3. The summed E-state index contributed by atoms with van der Waals surface area (Å²) >= 11 is 17.0. The summed E-state index contributed by atoms with van der Waals surface area (Å²) in [5, 5.41) is 0. The maximum absolute atomic E-state index is 12.2. The molecule has 0 atom stereocenters. The summed E-state index contributed by atoms with van der Waals surface area (Å²) in [6.45, 7) is 1.46. The topological polar surface area (TPSA) is 48.0 Å². The highest BCUT2D eigenvalue weighted by molar-refractivity contribution is 6.67. The summed E-state index contributed by atoms with van der Waals surface area (Å²) in [6, 6.07) is 14.8. The molecule has 8 heteroatoms. The second kappa shape index (κ2) is 9.68. The number of nitrogens with zero attached hydrogens (tertiary/aromatic N) is 1. The van der Waals surface area contributed by atoms with E-state index >= 15 is 0 Å². The zero-order valence-corrected chi connectivity index (χ0v) is 20.2. The Kier molecular flexibility index (Phi) is 7.11. The Morgan fingerprint density at radius 1 is 1.06 bits per heavy atom. The fourth-order valence-corrected chi connectivity index (χ4v) is 4.51. The van der Waals surface area contributed by atoms with Crippen LogP contribution in [0.1, 0.15) is 30.4 Å². The molecule has 172 valence electrons. The maximum Gasteiger partial charge on any atom is 0.409 e. The van der Waals surface area contributed by atoms with E-state index in [-0.39, 0.29) is 12.2 Å². The van der Waals surface area contributed by atoms with Gasteiger partial charge >= 0.3 is 6.09 Å². The number of hydrogen-bond donors (Lipinski definition) is 0. The van der Waals surface area contributed by atoms with E-state index in [1.165, 1.54) is 16.7 Å². The quantitative estimate of drug-likeness (QED) is 0.473. The Labute approximate surface area is 203 Å². The first-order chi connectivity index (χ1) is 15.3. The molecule has 5 nitrogen and oxygen atoms in total. The van der Waals surface area contributed by atoms with E-state index in [2.05, 4.69) is 42.5 Å². The van der Waals surface area contributed by atoms with Crippen LogP contribution in [0.2, 0.25) is 0 Å². The number of rotatable bonds is 4. The molecule has 2 aliphatic rings. The number of amides is 1. The second-order valence-corrected chi connectivity index (χ2v) is 10.9. The van der Waals surface area contributed by atoms with Crippen LogP contribution in [0.15, 0.2) is 42.5 Å². The van der Waals surface area contributed by atoms with Gasteiger partial charge in [0.1, 0.15) is 18.0 Å². The first kappa shape index (κ1) is 23.5. The van der Waals surface area contributed by atoms with E-state index in [0.717, 1.165) is 37.0 Å². The molecular formula is C24H26Cl3NO4. The van der Waals surface area contributed by atoms with Crippen LogP contribution >= 0.6 is 34.8 Å². The molecule has 2 heterocycles. The second-order valence-electron chi connectivity index (χ2n) is 8.39. The Morgan fingerprint density at radius 3 is 2.41 bits per heavy atom. The van der Waals surface area contributed by atoms with Gasteiger partial charge in [-0.2, -0.15) is 0 Å². The average Bonchev–Trinajstić information content (AvgIpc) is 2.78. The van der Waals surface area contributed by atoms with Gasteiger partial charge in [-0.05, 0) is 47.2 Å². The fourth-order valence-electron chi connectivity index (χ4n) is 4.34. The standard InChI is InChI=1S/C24H26Cl3NO4/c1-30-15-17-2-4-18(5-3-17)19-6-7-21-20(14-19)8-9-23(32-21)10-12-28(13-11-23)22(29)31-16-24(25,26)27/h2-7,14H,8-13,15-16H2,1H3. The number of halogens is 3. The lowest BCUT2D eigenvalue weighted by Crippen LogP contribution is -2.51. The summed E-state index contributed by atoms with van der Waals surface area (Å²) in [4.78, 5) is 13.9.